The van der Waals surface area contributed by atoms with E-state index in [1.165, 1.54) is 11.1 Å². The second kappa shape index (κ2) is 4.26. The van der Waals surface area contributed by atoms with E-state index in [1.54, 1.807) is 0 Å². The Morgan fingerprint density at radius 3 is 2.81 bits per heavy atom. The van der Waals surface area contributed by atoms with Crippen LogP contribution in [0.4, 0.5) is 0 Å². The lowest BCUT2D eigenvalue weighted by molar-refractivity contribution is -0.142. The van der Waals surface area contributed by atoms with Gasteiger partial charge in [0.15, 0.2) is 0 Å². The van der Waals surface area contributed by atoms with Gasteiger partial charge in [-0.25, -0.2) is 0 Å². The fourth-order valence-corrected chi connectivity index (χ4v) is 2.47. The van der Waals surface area contributed by atoms with Gasteiger partial charge in [0.1, 0.15) is 0 Å². The molecule has 1 heterocycles. The summed E-state index contributed by atoms with van der Waals surface area (Å²) in [7, 11) is 0. The Kier molecular flexibility index (Phi) is 2.97. The summed E-state index contributed by atoms with van der Waals surface area (Å²) in [6.07, 6.45) is 0.716. The van der Waals surface area contributed by atoms with Crippen molar-refractivity contribution < 1.29 is 9.90 Å². The molecule has 1 fully saturated rings. The van der Waals surface area contributed by atoms with Gasteiger partial charge >= 0.3 is 5.97 Å². The van der Waals surface area contributed by atoms with E-state index in [9.17, 15) is 4.79 Å². The highest BCUT2D eigenvalue weighted by Crippen LogP contribution is 2.31. The van der Waals surface area contributed by atoms with Gasteiger partial charge in [-0.05, 0) is 37.9 Å². The van der Waals surface area contributed by atoms with Gasteiger partial charge in [-0.15, -0.1) is 0 Å². The lowest BCUT2D eigenvalue weighted by Gasteiger charge is -2.19. The van der Waals surface area contributed by atoms with Gasteiger partial charge in [0.2, 0.25) is 0 Å². The van der Waals surface area contributed by atoms with Gasteiger partial charge in [0.25, 0.3) is 0 Å². The van der Waals surface area contributed by atoms with E-state index in [1.807, 2.05) is 26.0 Å². The molecule has 0 bridgehead atoms. The molecule has 0 spiro atoms. The molecule has 3 heteroatoms. The Balaban J connectivity index is 2.32. The van der Waals surface area contributed by atoms with Crippen molar-refractivity contribution in [2.24, 2.45) is 5.92 Å². The average Bonchev–Trinajstić information content (AvgIpc) is 2.66. The van der Waals surface area contributed by atoms with Crippen molar-refractivity contribution >= 4 is 5.97 Å². The quantitative estimate of drug-likeness (QED) is 0.800. The Morgan fingerprint density at radius 1 is 1.44 bits per heavy atom. The second-order valence-electron chi connectivity index (χ2n) is 4.53. The van der Waals surface area contributed by atoms with Gasteiger partial charge in [-0.3, -0.25) is 4.79 Å². The van der Waals surface area contributed by atoms with Crippen molar-refractivity contribution in [3.05, 3.63) is 34.9 Å². The normalized spacial score (nSPS) is 24.6. The number of benzene rings is 1. The summed E-state index contributed by atoms with van der Waals surface area (Å²) in [4.78, 5) is 11.1. The molecule has 2 N–H and O–H groups in total. The SMILES string of the molecule is Cc1ccc([C@H]2NCC[C@@H]2C(=O)O)c(C)c1. The Labute approximate surface area is 95.5 Å². The van der Waals surface area contributed by atoms with E-state index in [0.29, 0.717) is 6.42 Å². The highest BCUT2D eigenvalue weighted by atomic mass is 16.4. The van der Waals surface area contributed by atoms with E-state index in [2.05, 4.69) is 11.4 Å². The smallest absolute Gasteiger partial charge is 0.308 e. The number of nitrogens with one attached hydrogen (secondary N) is 1. The van der Waals surface area contributed by atoms with Crippen LogP contribution < -0.4 is 5.32 Å². The largest absolute Gasteiger partial charge is 0.481 e. The number of hydrogen-bond donors (Lipinski definition) is 2. The number of carboxylic acid groups (broad SMARTS) is 1. The molecular formula is C13H17NO2. The van der Waals surface area contributed by atoms with Crippen molar-refractivity contribution in [3.8, 4) is 0 Å². The first-order chi connectivity index (χ1) is 7.59. The summed E-state index contributed by atoms with van der Waals surface area (Å²) in [6, 6.07) is 6.16. The van der Waals surface area contributed by atoms with Crippen molar-refractivity contribution in [2.45, 2.75) is 26.3 Å². The van der Waals surface area contributed by atoms with Crippen LogP contribution in [0.3, 0.4) is 0 Å². The van der Waals surface area contributed by atoms with Crippen LogP contribution in [-0.4, -0.2) is 17.6 Å². The third-order valence-electron chi connectivity index (χ3n) is 3.30. The predicted molar refractivity (Wildman–Crippen MR) is 62.4 cm³/mol. The van der Waals surface area contributed by atoms with Gasteiger partial charge in [0.05, 0.1) is 5.92 Å². The van der Waals surface area contributed by atoms with E-state index in [4.69, 9.17) is 5.11 Å². The van der Waals surface area contributed by atoms with Gasteiger partial charge in [-0.1, -0.05) is 23.8 Å². The maximum Gasteiger partial charge on any atom is 0.308 e. The fourth-order valence-electron chi connectivity index (χ4n) is 2.47. The molecular weight excluding hydrogens is 202 g/mol. The highest BCUT2D eigenvalue weighted by molar-refractivity contribution is 5.72. The molecule has 3 nitrogen and oxygen atoms in total. The van der Waals surface area contributed by atoms with Crippen molar-refractivity contribution in [1.29, 1.82) is 0 Å². The highest BCUT2D eigenvalue weighted by Gasteiger charge is 2.34. The predicted octanol–water partition coefficient (Wildman–Crippen LogP) is 2.04. The molecule has 1 saturated heterocycles. The molecule has 1 aliphatic heterocycles. The molecule has 1 aromatic rings. The van der Waals surface area contributed by atoms with E-state index < -0.39 is 5.97 Å². The van der Waals surface area contributed by atoms with Crippen LogP contribution in [0, 0.1) is 19.8 Å². The summed E-state index contributed by atoms with van der Waals surface area (Å²) in [6.45, 7) is 4.88. The van der Waals surface area contributed by atoms with Crippen molar-refractivity contribution in [3.63, 3.8) is 0 Å². The molecule has 0 radical (unpaired) electrons. The van der Waals surface area contributed by atoms with Gasteiger partial charge < -0.3 is 10.4 Å². The molecule has 16 heavy (non-hydrogen) atoms. The summed E-state index contributed by atoms with van der Waals surface area (Å²) in [5.74, 6) is -0.989. The summed E-state index contributed by atoms with van der Waals surface area (Å²) in [5, 5.41) is 12.4. The van der Waals surface area contributed by atoms with Crippen molar-refractivity contribution in [2.75, 3.05) is 6.54 Å². The average molecular weight is 219 g/mol. The van der Waals surface area contributed by atoms with Crippen LogP contribution in [0.2, 0.25) is 0 Å². The minimum atomic E-state index is -0.699. The zero-order chi connectivity index (χ0) is 11.7. The Hall–Kier alpha value is -1.35. The maximum atomic E-state index is 11.1. The molecule has 0 aromatic heterocycles. The molecule has 0 aliphatic carbocycles. The number of aryl methyl sites for hydroxylation is 2. The third kappa shape index (κ3) is 1.95. The first-order valence-electron chi connectivity index (χ1n) is 5.63. The first-order valence-corrected chi connectivity index (χ1v) is 5.63. The van der Waals surface area contributed by atoms with Crippen LogP contribution in [0.5, 0.6) is 0 Å². The van der Waals surface area contributed by atoms with E-state index >= 15 is 0 Å². The van der Waals surface area contributed by atoms with E-state index in [0.717, 1.165) is 12.1 Å². The number of aliphatic carboxylic acids is 1. The fraction of sp³-hybridized carbons (Fsp3) is 0.462. The van der Waals surface area contributed by atoms with Crippen LogP contribution in [0.15, 0.2) is 18.2 Å². The molecule has 1 aliphatic rings. The molecule has 2 rings (SSSR count). The molecule has 2 atom stereocenters. The maximum absolute atomic E-state index is 11.1. The Morgan fingerprint density at radius 2 is 2.19 bits per heavy atom. The summed E-state index contributed by atoms with van der Waals surface area (Å²) >= 11 is 0. The molecule has 0 unspecified atom stereocenters. The number of carbonyl (C=O) groups is 1. The number of hydrogen-bond acceptors (Lipinski definition) is 2. The second-order valence-corrected chi connectivity index (χ2v) is 4.53. The molecule has 86 valence electrons. The lowest BCUT2D eigenvalue weighted by atomic mass is 9.91. The number of rotatable bonds is 2. The van der Waals surface area contributed by atoms with Crippen LogP contribution in [-0.2, 0) is 4.79 Å². The minimum absolute atomic E-state index is 0.0295. The molecule has 0 saturated carbocycles. The standard InChI is InChI=1S/C13H17NO2/c1-8-3-4-10(9(2)7-8)12-11(13(15)16)5-6-14-12/h3-4,7,11-12,14H,5-6H2,1-2H3,(H,15,16)/t11-,12+/m0/s1. The zero-order valence-electron chi connectivity index (χ0n) is 9.66. The molecule has 0 amide bonds. The minimum Gasteiger partial charge on any atom is -0.481 e. The first kappa shape index (κ1) is 11.1. The zero-order valence-corrected chi connectivity index (χ0v) is 9.66. The van der Waals surface area contributed by atoms with E-state index in [-0.39, 0.29) is 12.0 Å². The van der Waals surface area contributed by atoms with Crippen LogP contribution >= 0.6 is 0 Å². The third-order valence-corrected chi connectivity index (χ3v) is 3.30. The van der Waals surface area contributed by atoms with Gasteiger partial charge in [0, 0.05) is 6.04 Å². The topological polar surface area (TPSA) is 49.3 Å². The summed E-state index contributed by atoms with van der Waals surface area (Å²) < 4.78 is 0. The van der Waals surface area contributed by atoms with Gasteiger partial charge in [-0.2, -0.15) is 0 Å². The van der Waals surface area contributed by atoms with Crippen molar-refractivity contribution in [1.82, 2.24) is 5.32 Å². The lowest BCUT2D eigenvalue weighted by Crippen LogP contribution is -2.24. The number of carboxylic acids is 1. The Bertz CT molecular complexity index is 414. The van der Waals surface area contributed by atoms with Crippen LogP contribution in [0.1, 0.15) is 29.2 Å². The summed E-state index contributed by atoms with van der Waals surface area (Å²) in [5.41, 5.74) is 3.51. The molecule has 1 aromatic carbocycles. The van der Waals surface area contributed by atoms with Crippen LogP contribution in [0.25, 0.3) is 0 Å². The monoisotopic (exact) mass is 219 g/mol.